The highest BCUT2D eigenvalue weighted by molar-refractivity contribution is 7.99. The van der Waals surface area contributed by atoms with Gasteiger partial charge in [0.05, 0.1) is 6.61 Å². The van der Waals surface area contributed by atoms with E-state index in [9.17, 15) is 0 Å². The molecule has 0 radical (unpaired) electrons. The molecule has 1 fully saturated rings. The third kappa shape index (κ3) is 4.51. The molecule has 2 nitrogen and oxygen atoms in total. The summed E-state index contributed by atoms with van der Waals surface area (Å²) in [5.41, 5.74) is 1.19. The van der Waals surface area contributed by atoms with Crippen LogP contribution < -0.4 is 5.32 Å². The Balaban J connectivity index is 1.85. The van der Waals surface area contributed by atoms with Crippen LogP contribution in [0.4, 0.5) is 0 Å². The van der Waals surface area contributed by atoms with E-state index in [1.54, 1.807) is 18.9 Å². The van der Waals surface area contributed by atoms with E-state index in [0.29, 0.717) is 0 Å². The molecule has 1 aliphatic rings. The highest BCUT2D eigenvalue weighted by atomic mass is 35.5. The van der Waals surface area contributed by atoms with E-state index in [0.717, 1.165) is 30.0 Å². The van der Waals surface area contributed by atoms with Gasteiger partial charge in [-0.2, -0.15) is 0 Å². The minimum absolute atomic E-state index is 0.724. The average molecular weight is 272 g/mol. The summed E-state index contributed by atoms with van der Waals surface area (Å²) in [6.07, 6.45) is 2.62. The number of hydrogen-bond donors (Lipinski definition) is 1. The van der Waals surface area contributed by atoms with Crippen LogP contribution in [0.3, 0.4) is 0 Å². The Morgan fingerprint density at radius 1 is 1.47 bits per heavy atom. The summed E-state index contributed by atoms with van der Waals surface area (Å²) in [5, 5.41) is 4.34. The quantitative estimate of drug-likeness (QED) is 0.607. The molecule has 1 saturated carbocycles. The Bertz CT molecular complexity index is 368. The first-order chi connectivity index (χ1) is 8.29. The molecule has 4 heteroatoms. The van der Waals surface area contributed by atoms with Crippen molar-refractivity contribution in [3.63, 3.8) is 0 Å². The van der Waals surface area contributed by atoms with E-state index >= 15 is 0 Å². The molecular formula is C13H18ClNOS. The maximum atomic E-state index is 6.26. The zero-order chi connectivity index (χ0) is 12.1. The van der Waals surface area contributed by atoms with Crippen LogP contribution in [0.1, 0.15) is 18.4 Å². The highest BCUT2D eigenvalue weighted by Gasteiger charge is 2.20. The van der Waals surface area contributed by atoms with E-state index in [2.05, 4.69) is 17.4 Å². The minimum Gasteiger partial charge on any atom is -0.384 e. The second kappa shape index (κ2) is 6.64. The van der Waals surface area contributed by atoms with E-state index in [1.807, 2.05) is 6.07 Å². The summed E-state index contributed by atoms with van der Waals surface area (Å²) in [6.45, 7) is 1.65. The Hall–Kier alpha value is -0.220. The summed E-state index contributed by atoms with van der Waals surface area (Å²) in [7, 11) is 1.72. The van der Waals surface area contributed by atoms with Crippen molar-refractivity contribution in [1.29, 1.82) is 0 Å². The fourth-order valence-electron chi connectivity index (χ4n) is 1.55. The molecule has 1 N–H and O–H groups in total. The Kier molecular flexibility index (Phi) is 5.16. The molecule has 1 aromatic carbocycles. The predicted molar refractivity (Wildman–Crippen MR) is 73.9 cm³/mol. The molecule has 0 amide bonds. The van der Waals surface area contributed by atoms with Crippen LogP contribution in [0.5, 0.6) is 0 Å². The van der Waals surface area contributed by atoms with Gasteiger partial charge in [-0.25, -0.2) is 0 Å². The number of rotatable bonds is 7. The minimum atomic E-state index is 0.724. The van der Waals surface area contributed by atoms with Gasteiger partial charge in [0.15, 0.2) is 0 Å². The standard InChI is InChI=1S/C13H18ClNOS/c1-16-6-7-17-12-5-2-10(13(14)8-12)9-15-11-3-4-11/h2,5,8,11,15H,3-4,6-7,9H2,1H3. The summed E-state index contributed by atoms with van der Waals surface area (Å²) in [6, 6.07) is 7.02. The summed E-state index contributed by atoms with van der Waals surface area (Å²) in [5.74, 6) is 0.965. The van der Waals surface area contributed by atoms with Gasteiger partial charge in [0.25, 0.3) is 0 Å². The van der Waals surface area contributed by atoms with Crippen molar-refractivity contribution in [2.24, 2.45) is 0 Å². The molecule has 0 heterocycles. The van der Waals surface area contributed by atoms with Crippen molar-refractivity contribution in [1.82, 2.24) is 5.32 Å². The number of benzene rings is 1. The topological polar surface area (TPSA) is 21.3 Å². The lowest BCUT2D eigenvalue weighted by Gasteiger charge is -2.08. The van der Waals surface area contributed by atoms with E-state index < -0.39 is 0 Å². The third-order valence-corrected chi connectivity index (χ3v) is 4.05. The van der Waals surface area contributed by atoms with Gasteiger partial charge in [-0.05, 0) is 30.5 Å². The van der Waals surface area contributed by atoms with Crippen molar-refractivity contribution in [3.8, 4) is 0 Å². The monoisotopic (exact) mass is 271 g/mol. The van der Waals surface area contributed by atoms with Crippen molar-refractivity contribution < 1.29 is 4.74 Å². The van der Waals surface area contributed by atoms with Crippen LogP contribution in [0, 0.1) is 0 Å². The lowest BCUT2D eigenvalue weighted by molar-refractivity contribution is 0.218. The first kappa shape index (κ1) is 13.2. The average Bonchev–Trinajstić information content (AvgIpc) is 3.12. The van der Waals surface area contributed by atoms with Crippen LogP contribution in [0.25, 0.3) is 0 Å². The molecule has 1 aromatic rings. The number of halogens is 1. The molecule has 1 aliphatic carbocycles. The second-order valence-corrected chi connectivity index (χ2v) is 5.83. The molecular weight excluding hydrogens is 254 g/mol. The number of methoxy groups -OCH3 is 1. The van der Waals surface area contributed by atoms with Crippen LogP contribution in [-0.2, 0) is 11.3 Å². The first-order valence-corrected chi connectivity index (χ1v) is 7.29. The Labute approximate surface area is 112 Å². The fourth-order valence-corrected chi connectivity index (χ4v) is 2.71. The summed E-state index contributed by atoms with van der Waals surface area (Å²) in [4.78, 5) is 1.21. The van der Waals surface area contributed by atoms with Crippen LogP contribution in [-0.4, -0.2) is 25.5 Å². The van der Waals surface area contributed by atoms with Gasteiger partial charge in [0.1, 0.15) is 0 Å². The number of hydrogen-bond acceptors (Lipinski definition) is 3. The van der Waals surface area contributed by atoms with E-state index in [4.69, 9.17) is 16.3 Å². The zero-order valence-corrected chi connectivity index (χ0v) is 11.6. The Morgan fingerprint density at radius 2 is 2.29 bits per heavy atom. The largest absolute Gasteiger partial charge is 0.384 e. The molecule has 0 saturated heterocycles. The third-order valence-electron chi connectivity index (χ3n) is 2.74. The van der Waals surface area contributed by atoms with Crippen LogP contribution in [0.2, 0.25) is 5.02 Å². The smallest absolute Gasteiger partial charge is 0.0556 e. The second-order valence-electron chi connectivity index (χ2n) is 4.25. The molecule has 0 aliphatic heterocycles. The van der Waals surface area contributed by atoms with Gasteiger partial charge in [-0.3, -0.25) is 0 Å². The predicted octanol–water partition coefficient (Wildman–Crippen LogP) is 3.33. The normalized spacial score (nSPS) is 15.2. The van der Waals surface area contributed by atoms with Crippen LogP contribution in [0.15, 0.2) is 23.1 Å². The van der Waals surface area contributed by atoms with Gasteiger partial charge >= 0.3 is 0 Å². The van der Waals surface area contributed by atoms with Gasteiger partial charge in [-0.1, -0.05) is 17.7 Å². The first-order valence-electron chi connectivity index (χ1n) is 5.93. The molecule has 0 bridgehead atoms. The molecule has 17 heavy (non-hydrogen) atoms. The maximum Gasteiger partial charge on any atom is 0.0556 e. The van der Waals surface area contributed by atoms with E-state index in [-0.39, 0.29) is 0 Å². The van der Waals surface area contributed by atoms with Gasteiger partial charge < -0.3 is 10.1 Å². The molecule has 94 valence electrons. The number of thioether (sulfide) groups is 1. The van der Waals surface area contributed by atoms with E-state index in [1.165, 1.54) is 23.3 Å². The number of ether oxygens (including phenoxy) is 1. The van der Waals surface area contributed by atoms with Gasteiger partial charge in [-0.15, -0.1) is 11.8 Å². The SMILES string of the molecule is COCCSc1ccc(CNC2CC2)c(Cl)c1. The molecule has 0 spiro atoms. The zero-order valence-electron chi connectivity index (χ0n) is 10.0. The maximum absolute atomic E-state index is 6.26. The molecule has 0 unspecified atom stereocenters. The Morgan fingerprint density at radius 3 is 2.94 bits per heavy atom. The molecule has 0 aromatic heterocycles. The van der Waals surface area contributed by atoms with Gasteiger partial charge in [0, 0.05) is 35.4 Å². The van der Waals surface area contributed by atoms with Crippen molar-refractivity contribution in [2.45, 2.75) is 30.3 Å². The van der Waals surface area contributed by atoms with Crippen LogP contribution >= 0.6 is 23.4 Å². The highest BCUT2D eigenvalue weighted by Crippen LogP contribution is 2.26. The lowest BCUT2D eigenvalue weighted by atomic mass is 10.2. The summed E-state index contributed by atoms with van der Waals surface area (Å²) >= 11 is 8.04. The lowest BCUT2D eigenvalue weighted by Crippen LogP contribution is -2.15. The fraction of sp³-hybridized carbons (Fsp3) is 0.538. The van der Waals surface area contributed by atoms with Crippen molar-refractivity contribution in [3.05, 3.63) is 28.8 Å². The van der Waals surface area contributed by atoms with Crippen molar-refractivity contribution in [2.75, 3.05) is 19.5 Å². The van der Waals surface area contributed by atoms with Gasteiger partial charge in [0.2, 0.25) is 0 Å². The molecule has 2 rings (SSSR count). The van der Waals surface area contributed by atoms with Crippen molar-refractivity contribution >= 4 is 23.4 Å². The number of nitrogens with one attached hydrogen (secondary N) is 1. The summed E-state index contributed by atoms with van der Waals surface area (Å²) < 4.78 is 5.03. The molecule has 0 atom stereocenters.